The van der Waals surface area contributed by atoms with Crippen molar-refractivity contribution in [3.63, 3.8) is 0 Å². The van der Waals surface area contributed by atoms with E-state index < -0.39 is 0 Å². The Balaban J connectivity index is 1.54. The van der Waals surface area contributed by atoms with Crippen molar-refractivity contribution in [1.82, 2.24) is 29.8 Å². The first-order valence-electron chi connectivity index (χ1n) is 11.9. The predicted molar refractivity (Wildman–Crippen MR) is 129 cm³/mol. The van der Waals surface area contributed by atoms with Crippen molar-refractivity contribution in [3.05, 3.63) is 47.9 Å². The highest BCUT2D eigenvalue weighted by atomic mass is 16.5. The first kappa shape index (κ1) is 20.5. The predicted octanol–water partition coefficient (Wildman–Crippen LogP) is 3.09. The first-order valence-corrected chi connectivity index (χ1v) is 11.9. The van der Waals surface area contributed by atoms with Gasteiger partial charge in [-0.05, 0) is 49.7 Å². The summed E-state index contributed by atoms with van der Waals surface area (Å²) >= 11 is 0. The summed E-state index contributed by atoms with van der Waals surface area (Å²) in [6.45, 7) is 9.43. The van der Waals surface area contributed by atoms with Gasteiger partial charge in [-0.25, -0.2) is 15.0 Å². The van der Waals surface area contributed by atoms with Gasteiger partial charge in [0.1, 0.15) is 11.3 Å². The molecule has 2 aliphatic rings. The molecule has 0 bridgehead atoms. The largest absolute Gasteiger partial charge is 0.378 e. The number of nitrogens with zero attached hydrogens (tertiary/aromatic N) is 6. The Bertz CT molecular complexity index is 1310. The number of benzene rings is 1. The van der Waals surface area contributed by atoms with Crippen molar-refractivity contribution in [3.8, 4) is 5.95 Å². The van der Waals surface area contributed by atoms with E-state index in [2.05, 4.69) is 46.8 Å². The number of nitrogens with one attached hydrogen (secondary N) is 1. The third-order valence-electron chi connectivity index (χ3n) is 6.55. The Labute approximate surface area is 193 Å². The molecular formula is C25H29N7O. The maximum Gasteiger partial charge on any atom is 0.238 e. The van der Waals surface area contributed by atoms with E-state index in [1.807, 2.05) is 18.2 Å². The molecule has 2 saturated heterocycles. The molecular weight excluding hydrogens is 414 g/mol. The highest BCUT2D eigenvalue weighted by Gasteiger charge is 2.24. The van der Waals surface area contributed by atoms with Crippen molar-refractivity contribution in [2.24, 2.45) is 5.92 Å². The number of ether oxygens (including phenoxy) is 1. The number of fused-ring (bicyclic) bond motifs is 2. The fourth-order valence-electron chi connectivity index (χ4n) is 4.67. The van der Waals surface area contributed by atoms with Crippen LogP contribution in [-0.2, 0) is 11.2 Å². The second kappa shape index (κ2) is 8.35. The number of imidazole rings is 1. The summed E-state index contributed by atoms with van der Waals surface area (Å²) in [5, 5.41) is 3.35. The molecule has 6 rings (SSSR count). The van der Waals surface area contributed by atoms with Crippen LogP contribution in [-0.4, -0.2) is 63.9 Å². The average molecular weight is 444 g/mol. The van der Waals surface area contributed by atoms with Crippen LogP contribution in [0.15, 0.2) is 36.4 Å². The van der Waals surface area contributed by atoms with Crippen molar-refractivity contribution in [2.75, 3.05) is 44.3 Å². The lowest BCUT2D eigenvalue weighted by molar-refractivity contribution is 0.122. The van der Waals surface area contributed by atoms with Gasteiger partial charge in [-0.2, -0.15) is 4.98 Å². The van der Waals surface area contributed by atoms with E-state index >= 15 is 0 Å². The van der Waals surface area contributed by atoms with E-state index in [4.69, 9.17) is 24.7 Å². The second-order valence-corrected chi connectivity index (χ2v) is 9.29. The van der Waals surface area contributed by atoms with Gasteiger partial charge < -0.3 is 15.0 Å². The number of anilines is 1. The third-order valence-corrected chi connectivity index (χ3v) is 6.55. The van der Waals surface area contributed by atoms with Crippen LogP contribution in [0, 0.1) is 5.92 Å². The normalized spacial score (nSPS) is 17.2. The smallest absolute Gasteiger partial charge is 0.238 e. The van der Waals surface area contributed by atoms with Gasteiger partial charge in [-0.3, -0.25) is 4.57 Å². The number of aromatic nitrogens is 5. The standard InChI is InChI=1S/C25H29N7O/c1-16(2)23-28-19-5-3-4-6-21(19)32(23)25-29-20-8-7-18(13-17-14-26-15-17)27-22(20)24(30-25)31-9-11-33-12-10-31/h3-8,16-17,26H,9-15H2,1-2H3. The zero-order valence-electron chi connectivity index (χ0n) is 19.2. The van der Waals surface area contributed by atoms with Gasteiger partial charge in [0.15, 0.2) is 5.82 Å². The van der Waals surface area contributed by atoms with E-state index in [1.54, 1.807) is 0 Å². The molecule has 1 aromatic carbocycles. The van der Waals surface area contributed by atoms with E-state index in [9.17, 15) is 0 Å². The molecule has 0 aliphatic carbocycles. The Hall–Kier alpha value is -3.10. The summed E-state index contributed by atoms with van der Waals surface area (Å²) in [6, 6.07) is 12.4. The lowest BCUT2D eigenvalue weighted by atomic mass is 9.97. The first-order chi connectivity index (χ1) is 16.2. The summed E-state index contributed by atoms with van der Waals surface area (Å²) in [7, 11) is 0. The maximum atomic E-state index is 5.61. The molecule has 8 nitrogen and oxygen atoms in total. The van der Waals surface area contributed by atoms with E-state index in [-0.39, 0.29) is 5.92 Å². The van der Waals surface area contributed by atoms with Crippen molar-refractivity contribution >= 4 is 27.9 Å². The van der Waals surface area contributed by atoms with Gasteiger partial charge in [0.25, 0.3) is 0 Å². The van der Waals surface area contributed by atoms with Crippen LogP contribution in [0.2, 0.25) is 0 Å². The van der Waals surface area contributed by atoms with Gasteiger partial charge in [-0.15, -0.1) is 0 Å². The molecule has 3 aromatic heterocycles. The fraction of sp³-hybridized carbons (Fsp3) is 0.440. The summed E-state index contributed by atoms with van der Waals surface area (Å²) in [6.07, 6.45) is 0.983. The van der Waals surface area contributed by atoms with Gasteiger partial charge in [-0.1, -0.05) is 26.0 Å². The van der Waals surface area contributed by atoms with Gasteiger partial charge in [0.05, 0.1) is 29.8 Å². The van der Waals surface area contributed by atoms with Crippen LogP contribution >= 0.6 is 0 Å². The van der Waals surface area contributed by atoms with E-state index in [0.29, 0.717) is 25.1 Å². The lowest BCUT2D eigenvalue weighted by Gasteiger charge is -2.29. The molecule has 1 N–H and O–H groups in total. The molecule has 4 aromatic rings. The zero-order chi connectivity index (χ0) is 22.4. The van der Waals surface area contributed by atoms with Crippen LogP contribution in [0.3, 0.4) is 0 Å². The van der Waals surface area contributed by atoms with Crippen LogP contribution in [0.25, 0.3) is 28.0 Å². The van der Waals surface area contributed by atoms with E-state index in [0.717, 1.165) is 72.0 Å². The van der Waals surface area contributed by atoms with Crippen LogP contribution in [0.1, 0.15) is 31.3 Å². The molecule has 0 atom stereocenters. The number of para-hydroxylation sites is 2. The summed E-state index contributed by atoms with van der Waals surface area (Å²) in [5.41, 5.74) is 4.83. The Morgan fingerprint density at radius 3 is 2.55 bits per heavy atom. The molecule has 0 radical (unpaired) electrons. The Morgan fingerprint density at radius 2 is 1.79 bits per heavy atom. The van der Waals surface area contributed by atoms with Crippen LogP contribution in [0.4, 0.5) is 5.82 Å². The molecule has 170 valence electrons. The van der Waals surface area contributed by atoms with Crippen LogP contribution in [0.5, 0.6) is 0 Å². The topological polar surface area (TPSA) is 81.0 Å². The second-order valence-electron chi connectivity index (χ2n) is 9.29. The minimum atomic E-state index is 0.236. The number of morpholine rings is 1. The number of hydrogen-bond donors (Lipinski definition) is 1. The fourth-order valence-corrected chi connectivity index (χ4v) is 4.67. The van der Waals surface area contributed by atoms with Gasteiger partial charge >= 0.3 is 0 Å². The highest BCUT2D eigenvalue weighted by Crippen LogP contribution is 2.29. The quantitative estimate of drug-likeness (QED) is 0.508. The number of hydrogen-bond acceptors (Lipinski definition) is 7. The number of pyridine rings is 1. The summed E-state index contributed by atoms with van der Waals surface area (Å²) in [5.74, 6) is 3.40. The molecule has 0 amide bonds. The van der Waals surface area contributed by atoms with Crippen molar-refractivity contribution < 1.29 is 4.74 Å². The van der Waals surface area contributed by atoms with Crippen molar-refractivity contribution in [2.45, 2.75) is 26.2 Å². The molecule has 0 spiro atoms. The summed E-state index contributed by atoms with van der Waals surface area (Å²) in [4.78, 5) is 22.4. The maximum absolute atomic E-state index is 5.61. The van der Waals surface area contributed by atoms with E-state index in [1.165, 1.54) is 0 Å². The number of rotatable bonds is 5. The Morgan fingerprint density at radius 1 is 0.970 bits per heavy atom. The molecule has 33 heavy (non-hydrogen) atoms. The SMILES string of the molecule is CC(C)c1nc2ccccc2n1-c1nc(N2CCOCC2)c2nc(CC3CNC3)ccc2n1. The zero-order valence-corrected chi connectivity index (χ0v) is 19.2. The monoisotopic (exact) mass is 443 g/mol. The molecule has 2 fully saturated rings. The minimum absolute atomic E-state index is 0.236. The Kier molecular flexibility index (Phi) is 5.19. The molecule has 8 heteroatoms. The molecule has 0 unspecified atom stereocenters. The molecule has 5 heterocycles. The molecule has 2 aliphatic heterocycles. The lowest BCUT2D eigenvalue weighted by Crippen LogP contribution is -2.43. The van der Waals surface area contributed by atoms with Gasteiger partial charge in [0.2, 0.25) is 5.95 Å². The van der Waals surface area contributed by atoms with Gasteiger partial charge in [0, 0.05) is 24.7 Å². The average Bonchev–Trinajstić information content (AvgIpc) is 3.21. The molecule has 0 saturated carbocycles. The third kappa shape index (κ3) is 3.73. The minimum Gasteiger partial charge on any atom is -0.378 e. The van der Waals surface area contributed by atoms with Crippen LogP contribution < -0.4 is 10.2 Å². The van der Waals surface area contributed by atoms with Crippen molar-refractivity contribution in [1.29, 1.82) is 0 Å². The summed E-state index contributed by atoms with van der Waals surface area (Å²) < 4.78 is 7.72. The highest BCUT2D eigenvalue weighted by molar-refractivity contribution is 5.87.